The second-order valence-corrected chi connectivity index (χ2v) is 13.9. The van der Waals surface area contributed by atoms with Gasteiger partial charge in [-0.1, -0.05) is 53.4 Å². The first-order valence-corrected chi connectivity index (χ1v) is 17.3. The average Bonchev–Trinajstić information content (AvgIpc) is 3.59. The molecular weight excluding hydrogens is 593 g/mol. The van der Waals surface area contributed by atoms with E-state index in [1.807, 2.05) is 23.1 Å². The number of hydrogen-bond acceptors (Lipinski definition) is 5. The van der Waals surface area contributed by atoms with Gasteiger partial charge in [0.1, 0.15) is 11.2 Å². The van der Waals surface area contributed by atoms with E-state index in [4.69, 9.17) is 0 Å². The summed E-state index contributed by atoms with van der Waals surface area (Å²) in [4.78, 5) is 8.08. The second-order valence-electron chi connectivity index (χ2n) is 11.7. The smallest absolute Gasteiger partial charge is 0.262 e. The Kier molecular flexibility index (Phi) is 9.81. The Morgan fingerprint density at radius 2 is 1.33 bits per heavy atom. The lowest BCUT2D eigenvalue weighted by Gasteiger charge is -2.19. The van der Waals surface area contributed by atoms with Crippen LogP contribution in [0.4, 0.5) is 17.1 Å². The fourth-order valence-corrected chi connectivity index (χ4v) is 7.85. The topological polar surface area (TPSA) is 21.4 Å². The van der Waals surface area contributed by atoms with Crippen LogP contribution in [-0.4, -0.2) is 34.7 Å². The van der Waals surface area contributed by atoms with Crippen molar-refractivity contribution in [3.05, 3.63) is 120 Å². The third-order valence-corrected chi connectivity index (χ3v) is 10.4. The third kappa shape index (κ3) is 7.40. The standard InChI is InChI=1S/C37H43N6S2/c1-38(2)30-18-26-40(27-19-30)22-10-24-42-32-12-5-7-14-34(32)44-36(42)16-9-17-37-43(33-13-6-8-15-35(33)45-37)25-11-23-41-28-20-31(21-29-41)39(3)4/h5-9,12-21,26-29H,10-11,22-25H2,1-4H3/q+3. The van der Waals surface area contributed by atoms with Gasteiger partial charge in [-0.2, -0.15) is 4.57 Å². The molecule has 1 aliphatic rings. The Bertz CT molecular complexity index is 1790. The highest BCUT2D eigenvalue weighted by atomic mass is 32.2. The fraction of sp³-hybridized carbons (Fsp3) is 0.270. The molecule has 230 valence electrons. The first-order chi connectivity index (χ1) is 22.0. The molecule has 2 aromatic carbocycles. The van der Waals surface area contributed by atoms with E-state index in [9.17, 15) is 0 Å². The molecule has 0 aliphatic carbocycles. The van der Waals surface area contributed by atoms with Crippen LogP contribution in [0.5, 0.6) is 0 Å². The summed E-state index contributed by atoms with van der Waals surface area (Å²) in [6.07, 6.45) is 17.7. The van der Waals surface area contributed by atoms with E-state index in [1.165, 1.54) is 42.2 Å². The molecule has 0 N–H and O–H groups in total. The summed E-state index contributed by atoms with van der Waals surface area (Å²) in [6.45, 7) is 3.92. The number of aryl methyl sites for hydroxylation is 3. The molecule has 0 bridgehead atoms. The van der Waals surface area contributed by atoms with E-state index in [0.717, 1.165) is 39.0 Å². The molecule has 0 unspecified atom stereocenters. The average molecular weight is 636 g/mol. The molecular formula is C37H43N6S2+3. The SMILES string of the molecule is CN(C)c1cc[n+](CCCN2/C(=C\C=C\c3sc4ccccc4[n+]3CCC[n+]3ccc(N(C)C)cc3)Sc3ccccc32)cc1. The Hall–Kier alpha value is -4.14. The number of fused-ring (bicyclic) bond motifs is 2. The van der Waals surface area contributed by atoms with Crippen molar-refractivity contribution in [1.29, 1.82) is 0 Å². The van der Waals surface area contributed by atoms with E-state index < -0.39 is 0 Å². The molecule has 4 heterocycles. The number of allylic oxidation sites excluding steroid dienone is 2. The summed E-state index contributed by atoms with van der Waals surface area (Å²) in [5.41, 5.74) is 5.06. The maximum absolute atomic E-state index is 2.48. The predicted molar refractivity (Wildman–Crippen MR) is 190 cm³/mol. The molecule has 1 aliphatic heterocycles. The summed E-state index contributed by atoms with van der Waals surface area (Å²) < 4.78 is 8.37. The zero-order chi connectivity index (χ0) is 31.2. The van der Waals surface area contributed by atoms with Crippen LogP contribution >= 0.6 is 23.1 Å². The van der Waals surface area contributed by atoms with Gasteiger partial charge in [-0.05, 0) is 24.3 Å². The van der Waals surface area contributed by atoms with Gasteiger partial charge < -0.3 is 14.7 Å². The predicted octanol–water partition coefficient (Wildman–Crippen LogP) is 6.54. The lowest BCUT2D eigenvalue weighted by molar-refractivity contribution is -0.716. The second kappa shape index (κ2) is 14.3. The monoisotopic (exact) mass is 635 g/mol. The normalized spacial score (nSPS) is 13.7. The molecule has 45 heavy (non-hydrogen) atoms. The Morgan fingerprint density at radius 3 is 2.02 bits per heavy atom. The highest BCUT2D eigenvalue weighted by Gasteiger charge is 2.24. The summed E-state index contributed by atoms with van der Waals surface area (Å²) in [5, 5.41) is 2.57. The summed E-state index contributed by atoms with van der Waals surface area (Å²) in [6, 6.07) is 26.3. The van der Waals surface area contributed by atoms with Crippen molar-refractivity contribution in [1.82, 2.24) is 0 Å². The largest absolute Gasteiger partial charge is 0.377 e. The number of anilines is 3. The maximum Gasteiger partial charge on any atom is 0.262 e. The van der Waals surface area contributed by atoms with Crippen molar-refractivity contribution in [2.75, 3.05) is 49.4 Å². The zero-order valence-corrected chi connectivity index (χ0v) is 28.3. The Balaban J connectivity index is 1.16. The summed E-state index contributed by atoms with van der Waals surface area (Å²) in [5.74, 6) is 0. The van der Waals surface area contributed by atoms with E-state index in [-0.39, 0.29) is 0 Å². The van der Waals surface area contributed by atoms with Gasteiger partial charge in [-0.3, -0.25) is 0 Å². The minimum Gasteiger partial charge on any atom is -0.377 e. The first kappa shape index (κ1) is 30.9. The molecule has 0 spiro atoms. The van der Waals surface area contributed by atoms with Crippen molar-refractivity contribution in [2.45, 2.75) is 37.4 Å². The number of thiazole rings is 1. The molecule has 0 atom stereocenters. The number of pyridine rings is 2. The number of aromatic nitrogens is 3. The number of hydrogen-bond donors (Lipinski definition) is 0. The molecule has 6 rings (SSSR count). The van der Waals surface area contributed by atoms with Crippen molar-refractivity contribution in [3.8, 4) is 0 Å². The number of benzene rings is 2. The number of nitrogens with zero attached hydrogens (tertiary/aromatic N) is 6. The quantitative estimate of drug-likeness (QED) is 0.145. The fourth-order valence-electron chi connectivity index (χ4n) is 5.64. The Labute approximate surface area is 275 Å². The van der Waals surface area contributed by atoms with Gasteiger partial charge in [-0.15, -0.1) is 0 Å². The van der Waals surface area contributed by atoms with Crippen LogP contribution in [-0.2, 0) is 19.6 Å². The molecule has 0 radical (unpaired) electrons. The van der Waals surface area contributed by atoms with Crippen LogP contribution in [0.15, 0.2) is 120 Å². The third-order valence-electron chi connectivity index (χ3n) is 8.13. The van der Waals surface area contributed by atoms with Gasteiger partial charge in [0.15, 0.2) is 37.9 Å². The molecule has 8 heteroatoms. The molecule has 5 aromatic rings. The number of thioether (sulfide) groups is 1. The summed E-state index contributed by atoms with van der Waals surface area (Å²) >= 11 is 3.74. The van der Waals surface area contributed by atoms with Gasteiger partial charge >= 0.3 is 0 Å². The van der Waals surface area contributed by atoms with Crippen LogP contribution in [0.1, 0.15) is 17.8 Å². The van der Waals surface area contributed by atoms with Gasteiger partial charge in [-0.25, -0.2) is 9.13 Å². The van der Waals surface area contributed by atoms with Gasteiger partial charge in [0, 0.05) is 93.8 Å². The zero-order valence-electron chi connectivity index (χ0n) is 26.7. The molecule has 0 fully saturated rings. The lowest BCUT2D eigenvalue weighted by atomic mass is 10.2. The van der Waals surface area contributed by atoms with Crippen molar-refractivity contribution in [2.24, 2.45) is 0 Å². The molecule has 0 saturated heterocycles. The first-order valence-electron chi connectivity index (χ1n) is 15.6. The van der Waals surface area contributed by atoms with Crippen LogP contribution in [0.2, 0.25) is 0 Å². The Morgan fingerprint density at radius 1 is 0.711 bits per heavy atom. The highest BCUT2D eigenvalue weighted by Crippen LogP contribution is 2.45. The minimum absolute atomic E-state index is 0.974. The van der Waals surface area contributed by atoms with E-state index in [2.05, 4.69) is 172 Å². The van der Waals surface area contributed by atoms with Gasteiger partial charge in [0.05, 0.1) is 17.1 Å². The molecule has 3 aromatic heterocycles. The van der Waals surface area contributed by atoms with Crippen LogP contribution in [0.25, 0.3) is 16.3 Å². The van der Waals surface area contributed by atoms with Crippen molar-refractivity contribution >= 4 is 56.5 Å². The molecule has 0 amide bonds. The van der Waals surface area contributed by atoms with Crippen LogP contribution < -0.4 is 28.4 Å². The van der Waals surface area contributed by atoms with Gasteiger partial charge in [0.2, 0.25) is 5.52 Å². The van der Waals surface area contributed by atoms with Crippen molar-refractivity contribution < 1.29 is 13.7 Å². The molecule has 6 nitrogen and oxygen atoms in total. The van der Waals surface area contributed by atoms with Crippen LogP contribution in [0, 0.1) is 0 Å². The van der Waals surface area contributed by atoms with E-state index >= 15 is 0 Å². The number of para-hydroxylation sites is 2. The van der Waals surface area contributed by atoms with Crippen LogP contribution in [0.3, 0.4) is 0 Å². The van der Waals surface area contributed by atoms with E-state index in [0.29, 0.717) is 0 Å². The van der Waals surface area contributed by atoms with Crippen molar-refractivity contribution in [3.63, 3.8) is 0 Å². The highest BCUT2D eigenvalue weighted by molar-refractivity contribution is 8.03. The number of rotatable bonds is 12. The maximum atomic E-state index is 2.48. The minimum atomic E-state index is 0.974. The lowest BCUT2D eigenvalue weighted by Crippen LogP contribution is -2.39. The molecule has 0 saturated carbocycles. The van der Waals surface area contributed by atoms with E-state index in [1.54, 1.807) is 0 Å². The summed E-state index contributed by atoms with van der Waals surface area (Å²) in [7, 11) is 8.32. The van der Waals surface area contributed by atoms with Gasteiger partial charge in [0.25, 0.3) is 5.01 Å².